The first kappa shape index (κ1) is 24.9. The highest BCUT2D eigenvalue weighted by Crippen LogP contribution is 2.15. The quantitative estimate of drug-likeness (QED) is 0.277. The Kier molecular flexibility index (Phi) is 7.99. The lowest BCUT2D eigenvalue weighted by Gasteiger charge is -2.16. The standard InChI is InChI=1S/C22H24N4O7S/c23-8-4-10-33-17-7-9-26-16(13-17)11-15(12-20(26)27)21(28)24-14-19(22(29)30)25-34(31,32)18-5-2-1-3-6-18/h1-3,5-7,9,11-13,19,25H,4,8,10,14,23H2,(H,24,28)(H,29,30)/t19-/m0/s1. The Morgan fingerprint density at radius 3 is 2.53 bits per heavy atom. The molecule has 3 aromatic rings. The van der Waals surface area contributed by atoms with Crippen LogP contribution >= 0.6 is 0 Å². The summed E-state index contributed by atoms with van der Waals surface area (Å²) in [6.45, 7) is 0.324. The molecular formula is C22H24N4O7S. The number of hydrogen-bond donors (Lipinski definition) is 4. The van der Waals surface area contributed by atoms with Gasteiger partial charge < -0.3 is 20.9 Å². The maximum atomic E-state index is 12.6. The number of aliphatic carboxylic acids is 1. The number of nitrogens with two attached hydrogens (primary N) is 1. The highest BCUT2D eigenvalue weighted by Gasteiger charge is 2.26. The lowest BCUT2D eigenvalue weighted by Crippen LogP contribution is -2.48. The van der Waals surface area contributed by atoms with Gasteiger partial charge in [-0.05, 0) is 37.2 Å². The number of rotatable bonds is 11. The number of carboxylic acid groups (broad SMARTS) is 1. The molecule has 0 saturated heterocycles. The van der Waals surface area contributed by atoms with E-state index < -0.39 is 40.0 Å². The predicted octanol–water partition coefficient (Wildman–Crippen LogP) is 0.189. The number of sulfonamides is 1. The fourth-order valence-electron chi connectivity index (χ4n) is 3.04. The Morgan fingerprint density at radius 2 is 1.85 bits per heavy atom. The molecule has 11 nitrogen and oxygen atoms in total. The summed E-state index contributed by atoms with van der Waals surface area (Å²) in [5.74, 6) is -1.72. The molecule has 0 aliphatic rings. The Balaban J connectivity index is 1.74. The topological polar surface area (TPSA) is 169 Å². The number of aromatic nitrogens is 1. The zero-order valence-corrected chi connectivity index (χ0v) is 18.8. The first-order valence-corrected chi connectivity index (χ1v) is 11.8. The number of fused-ring (bicyclic) bond motifs is 1. The fourth-order valence-corrected chi connectivity index (χ4v) is 4.25. The smallest absolute Gasteiger partial charge is 0.323 e. The average Bonchev–Trinajstić information content (AvgIpc) is 2.82. The summed E-state index contributed by atoms with van der Waals surface area (Å²) < 4.78 is 33.8. The third-order valence-corrected chi connectivity index (χ3v) is 6.26. The molecule has 180 valence electrons. The van der Waals surface area contributed by atoms with Crippen LogP contribution < -0.4 is 26.1 Å². The molecule has 0 bridgehead atoms. The molecule has 1 aromatic carbocycles. The van der Waals surface area contributed by atoms with Crippen LogP contribution in [-0.2, 0) is 14.8 Å². The van der Waals surface area contributed by atoms with Gasteiger partial charge in [0, 0.05) is 30.4 Å². The zero-order valence-electron chi connectivity index (χ0n) is 18.0. The van der Waals surface area contributed by atoms with Crippen molar-refractivity contribution in [2.24, 2.45) is 5.73 Å². The van der Waals surface area contributed by atoms with Crippen molar-refractivity contribution in [3.05, 3.63) is 76.7 Å². The first-order valence-electron chi connectivity index (χ1n) is 10.3. The molecule has 5 N–H and O–H groups in total. The molecule has 2 aromatic heterocycles. The Labute approximate surface area is 195 Å². The van der Waals surface area contributed by atoms with Crippen molar-refractivity contribution in [1.29, 1.82) is 0 Å². The van der Waals surface area contributed by atoms with Crippen molar-refractivity contribution < 1.29 is 27.9 Å². The van der Waals surface area contributed by atoms with E-state index in [1.54, 1.807) is 18.2 Å². The molecule has 3 rings (SSSR count). The number of ether oxygens (including phenoxy) is 1. The molecule has 0 unspecified atom stereocenters. The minimum Gasteiger partial charge on any atom is -0.493 e. The summed E-state index contributed by atoms with van der Waals surface area (Å²) in [5, 5.41) is 11.8. The van der Waals surface area contributed by atoms with Crippen LogP contribution in [0.25, 0.3) is 5.52 Å². The number of pyridine rings is 2. The van der Waals surface area contributed by atoms with E-state index in [1.165, 1.54) is 40.9 Å². The van der Waals surface area contributed by atoms with Crippen molar-refractivity contribution in [2.45, 2.75) is 17.4 Å². The minimum atomic E-state index is -4.12. The third-order valence-electron chi connectivity index (χ3n) is 4.77. The Morgan fingerprint density at radius 1 is 1.12 bits per heavy atom. The largest absolute Gasteiger partial charge is 0.493 e. The van der Waals surface area contributed by atoms with Crippen LogP contribution in [0.3, 0.4) is 0 Å². The van der Waals surface area contributed by atoms with Crippen molar-refractivity contribution in [3.63, 3.8) is 0 Å². The molecule has 0 aliphatic carbocycles. The summed E-state index contributed by atoms with van der Waals surface area (Å²) in [4.78, 5) is 36.5. The molecule has 12 heteroatoms. The number of carbonyl (C=O) groups excluding carboxylic acids is 1. The van der Waals surface area contributed by atoms with Crippen LogP contribution in [-0.4, -0.2) is 55.5 Å². The molecule has 0 fully saturated rings. The van der Waals surface area contributed by atoms with Gasteiger partial charge >= 0.3 is 5.97 Å². The van der Waals surface area contributed by atoms with Crippen molar-refractivity contribution in [3.8, 4) is 5.75 Å². The van der Waals surface area contributed by atoms with Gasteiger partial charge in [0.05, 0.1) is 17.0 Å². The Hall–Kier alpha value is -3.74. The van der Waals surface area contributed by atoms with Crippen LogP contribution in [0.1, 0.15) is 16.8 Å². The maximum Gasteiger partial charge on any atom is 0.323 e. The maximum absolute atomic E-state index is 12.6. The SMILES string of the molecule is NCCCOc1ccn2c(=O)cc(C(=O)NC[C@H](NS(=O)(=O)c3ccccc3)C(=O)O)cc2c1. The summed E-state index contributed by atoms with van der Waals surface area (Å²) in [7, 11) is -4.12. The second kappa shape index (κ2) is 10.9. The second-order valence-corrected chi connectivity index (χ2v) is 8.98. The molecular weight excluding hydrogens is 464 g/mol. The molecule has 1 amide bonds. The van der Waals surface area contributed by atoms with Gasteiger partial charge in [-0.25, -0.2) is 8.42 Å². The van der Waals surface area contributed by atoms with Crippen LogP contribution in [0.2, 0.25) is 0 Å². The van der Waals surface area contributed by atoms with E-state index in [-0.39, 0.29) is 10.5 Å². The normalized spacial score (nSPS) is 12.3. The van der Waals surface area contributed by atoms with Gasteiger partial charge in [-0.3, -0.25) is 18.8 Å². The van der Waals surface area contributed by atoms with E-state index in [2.05, 4.69) is 10.0 Å². The molecule has 0 aliphatic heterocycles. The number of carboxylic acids is 1. The van der Waals surface area contributed by atoms with Crippen molar-refractivity contribution in [2.75, 3.05) is 19.7 Å². The van der Waals surface area contributed by atoms with Crippen molar-refractivity contribution >= 4 is 27.4 Å². The predicted molar refractivity (Wildman–Crippen MR) is 123 cm³/mol. The molecule has 34 heavy (non-hydrogen) atoms. The second-order valence-electron chi connectivity index (χ2n) is 7.27. The summed E-state index contributed by atoms with van der Waals surface area (Å²) in [6.07, 6.45) is 2.16. The van der Waals surface area contributed by atoms with E-state index in [0.29, 0.717) is 30.8 Å². The van der Waals surface area contributed by atoms with Crippen LogP contribution in [0.15, 0.2) is 70.5 Å². The minimum absolute atomic E-state index is 0.0147. The van der Waals surface area contributed by atoms with E-state index >= 15 is 0 Å². The highest BCUT2D eigenvalue weighted by atomic mass is 32.2. The summed E-state index contributed by atoms with van der Waals surface area (Å²) >= 11 is 0. The van der Waals surface area contributed by atoms with Gasteiger partial charge in [0.25, 0.3) is 11.5 Å². The van der Waals surface area contributed by atoms with Gasteiger partial charge in [-0.2, -0.15) is 4.72 Å². The number of amides is 1. The van der Waals surface area contributed by atoms with Gasteiger partial charge in [0.15, 0.2) is 0 Å². The Bertz CT molecular complexity index is 1340. The number of carbonyl (C=O) groups is 2. The lowest BCUT2D eigenvalue weighted by molar-refractivity contribution is -0.138. The van der Waals surface area contributed by atoms with E-state index in [9.17, 15) is 27.9 Å². The van der Waals surface area contributed by atoms with Gasteiger partial charge in [-0.1, -0.05) is 18.2 Å². The van der Waals surface area contributed by atoms with E-state index in [1.807, 2.05) is 0 Å². The number of benzene rings is 1. The highest BCUT2D eigenvalue weighted by molar-refractivity contribution is 7.89. The molecule has 1 atom stereocenters. The van der Waals surface area contributed by atoms with Gasteiger partial charge in [0.1, 0.15) is 11.8 Å². The molecule has 0 radical (unpaired) electrons. The van der Waals surface area contributed by atoms with E-state index in [4.69, 9.17) is 10.5 Å². The molecule has 0 spiro atoms. The summed E-state index contributed by atoms with van der Waals surface area (Å²) in [6, 6.07) is 11.4. The average molecular weight is 489 g/mol. The van der Waals surface area contributed by atoms with Crippen molar-refractivity contribution in [1.82, 2.24) is 14.4 Å². The molecule has 2 heterocycles. The van der Waals surface area contributed by atoms with E-state index in [0.717, 1.165) is 6.07 Å². The van der Waals surface area contributed by atoms with Gasteiger partial charge in [0.2, 0.25) is 10.0 Å². The number of nitrogens with one attached hydrogen (secondary N) is 2. The summed E-state index contributed by atoms with van der Waals surface area (Å²) in [5.41, 5.74) is 5.34. The lowest BCUT2D eigenvalue weighted by atomic mass is 10.2. The third kappa shape index (κ3) is 6.19. The number of nitrogens with zero attached hydrogens (tertiary/aromatic N) is 1. The monoisotopic (exact) mass is 488 g/mol. The van der Waals surface area contributed by atoms with Gasteiger partial charge in [-0.15, -0.1) is 0 Å². The van der Waals surface area contributed by atoms with Crippen LogP contribution in [0.4, 0.5) is 0 Å². The van der Waals surface area contributed by atoms with Crippen LogP contribution in [0.5, 0.6) is 5.75 Å². The first-order chi connectivity index (χ1) is 16.2. The molecule has 0 saturated carbocycles. The van der Waals surface area contributed by atoms with Crippen LogP contribution in [0, 0.1) is 0 Å². The number of hydrogen-bond acceptors (Lipinski definition) is 7. The fraction of sp³-hybridized carbons (Fsp3) is 0.227. The zero-order chi connectivity index (χ0) is 24.7.